The van der Waals surface area contributed by atoms with Crippen LogP contribution in [0.1, 0.15) is 19.8 Å². The summed E-state index contributed by atoms with van der Waals surface area (Å²) < 4.78 is 32.9. The van der Waals surface area contributed by atoms with Crippen molar-refractivity contribution in [1.82, 2.24) is 4.31 Å². The Morgan fingerprint density at radius 2 is 2.19 bits per heavy atom. The van der Waals surface area contributed by atoms with Gasteiger partial charge in [-0.1, -0.05) is 0 Å². The summed E-state index contributed by atoms with van der Waals surface area (Å²) in [6, 6.07) is 4.84. The molecule has 1 saturated heterocycles. The quantitative estimate of drug-likeness (QED) is 0.873. The van der Waals surface area contributed by atoms with Crippen molar-refractivity contribution in [3.8, 4) is 5.75 Å². The summed E-state index contributed by atoms with van der Waals surface area (Å²) in [5.74, 6) is 0.725. The van der Waals surface area contributed by atoms with Crippen LogP contribution in [0, 0.1) is 5.92 Å². The summed E-state index contributed by atoms with van der Waals surface area (Å²) in [5.41, 5.74) is 5.93. The summed E-state index contributed by atoms with van der Waals surface area (Å²) in [6.07, 6.45) is 1.83. The zero-order chi connectivity index (χ0) is 15.6. The minimum absolute atomic E-state index is 0.00227. The second kappa shape index (κ2) is 6.64. The summed E-state index contributed by atoms with van der Waals surface area (Å²) in [5, 5.41) is 0. The number of piperidine rings is 1. The predicted molar refractivity (Wildman–Crippen MR) is 85.8 cm³/mol. The van der Waals surface area contributed by atoms with Crippen LogP contribution in [0.2, 0.25) is 0 Å². The zero-order valence-electron chi connectivity index (χ0n) is 12.3. The number of methoxy groups -OCH3 is 1. The third kappa shape index (κ3) is 3.59. The Morgan fingerprint density at radius 3 is 2.81 bits per heavy atom. The Kier molecular flexibility index (Phi) is 5.29. The third-order valence-electron chi connectivity index (χ3n) is 3.92. The third-order valence-corrected chi connectivity index (χ3v) is 6.44. The molecule has 0 spiro atoms. The van der Waals surface area contributed by atoms with Gasteiger partial charge in [0, 0.05) is 25.2 Å². The normalized spacial score (nSPS) is 22.0. The topological polar surface area (TPSA) is 72.6 Å². The van der Waals surface area contributed by atoms with Crippen molar-refractivity contribution >= 4 is 26.0 Å². The highest BCUT2D eigenvalue weighted by atomic mass is 79.9. The first-order valence-corrected chi connectivity index (χ1v) is 9.19. The van der Waals surface area contributed by atoms with Gasteiger partial charge in [-0.3, -0.25) is 0 Å². The van der Waals surface area contributed by atoms with Crippen LogP contribution < -0.4 is 10.5 Å². The number of hydrogen-bond acceptors (Lipinski definition) is 4. The van der Waals surface area contributed by atoms with Crippen LogP contribution >= 0.6 is 15.9 Å². The van der Waals surface area contributed by atoms with E-state index in [4.69, 9.17) is 10.5 Å². The highest BCUT2D eigenvalue weighted by Gasteiger charge is 2.31. The van der Waals surface area contributed by atoms with Gasteiger partial charge in [-0.15, -0.1) is 0 Å². The molecule has 2 unspecified atom stereocenters. The molecule has 2 N–H and O–H groups in total. The van der Waals surface area contributed by atoms with Crippen LogP contribution in [0.3, 0.4) is 0 Å². The molecule has 7 heteroatoms. The maximum atomic E-state index is 12.7. The van der Waals surface area contributed by atoms with Crippen molar-refractivity contribution in [3.63, 3.8) is 0 Å². The molecule has 2 rings (SSSR count). The molecule has 0 bridgehead atoms. The summed E-state index contributed by atoms with van der Waals surface area (Å²) in [4.78, 5) is 0.257. The molecule has 0 saturated carbocycles. The number of nitrogens with zero attached hydrogens (tertiary/aromatic N) is 1. The molecule has 2 atom stereocenters. The van der Waals surface area contributed by atoms with Gasteiger partial charge in [-0.25, -0.2) is 8.42 Å². The van der Waals surface area contributed by atoms with Crippen LogP contribution in [0.15, 0.2) is 27.6 Å². The summed E-state index contributed by atoms with van der Waals surface area (Å²) in [7, 11) is -1.98. The van der Waals surface area contributed by atoms with E-state index in [0.717, 1.165) is 17.3 Å². The molecule has 5 nitrogen and oxygen atoms in total. The lowest BCUT2D eigenvalue weighted by atomic mass is 9.93. The van der Waals surface area contributed by atoms with Gasteiger partial charge in [0.15, 0.2) is 0 Å². The molecule has 1 aliphatic heterocycles. The smallest absolute Gasteiger partial charge is 0.243 e. The lowest BCUT2D eigenvalue weighted by Gasteiger charge is -2.33. The molecular weight excluding hydrogens is 356 g/mol. The molecule has 118 valence electrons. The second-order valence-corrected chi connectivity index (χ2v) is 8.21. The summed E-state index contributed by atoms with van der Waals surface area (Å²) >= 11 is 3.33. The number of benzene rings is 1. The number of ether oxygens (including phenoxy) is 1. The number of nitrogens with two attached hydrogens (primary N) is 1. The van der Waals surface area contributed by atoms with E-state index in [1.165, 1.54) is 11.4 Å². The fourth-order valence-corrected chi connectivity index (χ4v) is 4.53. The first kappa shape index (κ1) is 16.7. The van der Waals surface area contributed by atoms with Gasteiger partial charge in [0.1, 0.15) is 5.75 Å². The Bertz CT molecular complexity index is 604. The first-order valence-electron chi connectivity index (χ1n) is 6.95. The van der Waals surface area contributed by atoms with E-state index in [9.17, 15) is 8.42 Å². The second-order valence-electron chi connectivity index (χ2n) is 5.42. The van der Waals surface area contributed by atoms with Crippen molar-refractivity contribution in [2.45, 2.75) is 30.7 Å². The molecule has 1 fully saturated rings. The van der Waals surface area contributed by atoms with E-state index < -0.39 is 10.0 Å². The average Bonchev–Trinajstić information content (AvgIpc) is 2.47. The van der Waals surface area contributed by atoms with Gasteiger partial charge >= 0.3 is 0 Å². The standard InChI is InChI=1S/C14H21BrN2O3S/c1-10(16)11-4-3-7-17(9-11)21(18,19)12-5-6-13(15)14(8-12)20-2/h5-6,8,10-11H,3-4,7,9,16H2,1-2H3. The Labute approximate surface area is 134 Å². The maximum absolute atomic E-state index is 12.7. The molecule has 0 radical (unpaired) electrons. The highest BCUT2D eigenvalue weighted by Crippen LogP contribution is 2.30. The van der Waals surface area contributed by atoms with Gasteiger partial charge in [-0.2, -0.15) is 4.31 Å². The molecular formula is C14H21BrN2O3S. The highest BCUT2D eigenvalue weighted by molar-refractivity contribution is 9.10. The van der Waals surface area contributed by atoms with Gasteiger partial charge in [-0.05, 0) is 53.7 Å². The van der Waals surface area contributed by atoms with Crippen LogP contribution in [-0.4, -0.2) is 39.0 Å². The lowest BCUT2D eigenvalue weighted by Crippen LogP contribution is -2.44. The number of hydrogen-bond donors (Lipinski definition) is 1. The first-order chi connectivity index (χ1) is 9.86. The lowest BCUT2D eigenvalue weighted by molar-refractivity contribution is 0.243. The van der Waals surface area contributed by atoms with Crippen molar-refractivity contribution < 1.29 is 13.2 Å². The molecule has 0 aliphatic carbocycles. The van der Waals surface area contributed by atoms with Crippen molar-refractivity contribution in [2.24, 2.45) is 11.7 Å². The van der Waals surface area contributed by atoms with Gasteiger partial charge in [0.2, 0.25) is 10.0 Å². The fourth-order valence-electron chi connectivity index (χ4n) is 2.57. The average molecular weight is 377 g/mol. The molecule has 0 aromatic heterocycles. The number of rotatable bonds is 4. The van der Waals surface area contributed by atoms with E-state index in [0.29, 0.717) is 18.8 Å². The Balaban J connectivity index is 2.29. The number of halogens is 1. The predicted octanol–water partition coefficient (Wildman–Crippen LogP) is 2.21. The monoisotopic (exact) mass is 376 g/mol. The van der Waals surface area contributed by atoms with E-state index >= 15 is 0 Å². The van der Waals surface area contributed by atoms with Gasteiger partial charge in [0.05, 0.1) is 16.5 Å². The van der Waals surface area contributed by atoms with E-state index in [1.807, 2.05) is 6.92 Å². The number of sulfonamides is 1. The van der Waals surface area contributed by atoms with Crippen molar-refractivity contribution in [2.75, 3.05) is 20.2 Å². The molecule has 21 heavy (non-hydrogen) atoms. The fraction of sp³-hybridized carbons (Fsp3) is 0.571. The van der Waals surface area contributed by atoms with Crippen LogP contribution in [0.4, 0.5) is 0 Å². The summed E-state index contributed by atoms with van der Waals surface area (Å²) in [6.45, 7) is 2.96. The maximum Gasteiger partial charge on any atom is 0.243 e. The largest absolute Gasteiger partial charge is 0.496 e. The van der Waals surface area contributed by atoms with Crippen LogP contribution in [0.5, 0.6) is 5.75 Å². The minimum atomic E-state index is -3.50. The van der Waals surface area contributed by atoms with E-state index in [-0.39, 0.29) is 16.9 Å². The molecule has 1 aromatic carbocycles. The van der Waals surface area contributed by atoms with Crippen molar-refractivity contribution in [1.29, 1.82) is 0 Å². The van der Waals surface area contributed by atoms with Crippen molar-refractivity contribution in [3.05, 3.63) is 22.7 Å². The van der Waals surface area contributed by atoms with E-state index in [1.54, 1.807) is 18.2 Å². The minimum Gasteiger partial charge on any atom is -0.496 e. The van der Waals surface area contributed by atoms with Gasteiger partial charge in [0.25, 0.3) is 0 Å². The van der Waals surface area contributed by atoms with Gasteiger partial charge < -0.3 is 10.5 Å². The Hall–Kier alpha value is -0.630. The molecule has 1 aromatic rings. The Morgan fingerprint density at radius 1 is 1.48 bits per heavy atom. The SMILES string of the molecule is COc1cc(S(=O)(=O)N2CCCC(C(C)N)C2)ccc1Br. The van der Waals surface area contributed by atoms with Crippen LogP contribution in [-0.2, 0) is 10.0 Å². The molecule has 0 amide bonds. The molecule has 1 aliphatic rings. The van der Waals surface area contributed by atoms with E-state index in [2.05, 4.69) is 15.9 Å². The zero-order valence-corrected chi connectivity index (χ0v) is 14.7. The van der Waals surface area contributed by atoms with Crippen LogP contribution in [0.25, 0.3) is 0 Å². The molecule has 1 heterocycles.